The van der Waals surface area contributed by atoms with Gasteiger partial charge in [0.1, 0.15) is 6.61 Å². The predicted molar refractivity (Wildman–Crippen MR) is 117 cm³/mol. The van der Waals surface area contributed by atoms with Crippen LogP contribution in [-0.4, -0.2) is 50.5 Å². The molecule has 2 aromatic carbocycles. The molecule has 4 rings (SSSR count). The average Bonchev–Trinajstić information content (AvgIpc) is 3.20. The number of anilines is 2. The lowest BCUT2D eigenvalue weighted by Gasteiger charge is -2.32. The highest BCUT2D eigenvalue weighted by atomic mass is 32.2. The molecule has 2 saturated heterocycles. The number of carbonyl (C=O) groups excluding carboxylic acids is 2. The first-order chi connectivity index (χ1) is 14.9. The number of hydrogen-bond donors (Lipinski definition) is 1. The van der Waals surface area contributed by atoms with Gasteiger partial charge in [0.15, 0.2) is 0 Å². The van der Waals surface area contributed by atoms with Crippen molar-refractivity contribution in [2.45, 2.75) is 37.1 Å². The summed E-state index contributed by atoms with van der Waals surface area (Å²) in [5.74, 6) is -0.364. The van der Waals surface area contributed by atoms with Crippen LogP contribution in [0.2, 0.25) is 0 Å². The quantitative estimate of drug-likeness (QED) is 0.764. The molecule has 0 spiro atoms. The van der Waals surface area contributed by atoms with Gasteiger partial charge >= 0.3 is 6.09 Å². The Hall–Kier alpha value is -2.91. The van der Waals surface area contributed by atoms with Gasteiger partial charge in [-0.2, -0.15) is 4.31 Å². The molecule has 0 saturated carbocycles. The zero-order valence-electron chi connectivity index (χ0n) is 17.3. The van der Waals surface area contributed by atoms with E-state index < -0.39 is 16.1 Å². The van der Waals surface area contributed by atoms with Crippen molar-refractivity contribution < 1.29 is 22.7 Å². The number of rotatable bonds is 5. The van der Waals surface area contributed by atoms with Gasteiger partial charge in [-0.1, -0.05) is 12.5 Å². The molecule has 1 unspecified atom stereocenters. The highest BCUT2D eigenvalue weighted by molar-refractivity contribution is 7.89. The molecule has 9 heteroatoms. The Bertz CT molecular complexity index is 1080. The van der Waals surface area contributed by atoms with Crippen LogP contribution in [0.4, 0.5) is 16.2 Å². The van der Waals surface area contributed by atoms with Gasteiger partial charge in [0.2, 0.25) is 10.0 Å². The maximum absolute atomic E-state index is 12.9. The van der Waals surface area contributed by atoms with E-state index in [0.717, 1.165) is 19.3 Å². The standard InChI is InChI=1S/C22H25N3O5S/c1-16-5-2-3-12-25(16)31(28,29)20-10-8-17(9-11-20)21(26)23-18-6-4-7-19(15-18)24-13-14-30-22(24)27/h4,6-11,15-16H,2-3,5,12-14H2,1H3,(H,23,26). The molecule has 2 aromatic rings. The number of piperidine rings is 1. The summed E-state index contributed by atoms with van der Waals surface area (Å²) in [4.78, 5) is 26.1. The van der Waals surface area contributed by atoms with Gasteiger partial charge in [0, 0.05) is 29.5 Å². The Morgan fingerprint density at radius 2 is 1.87 bits per heavy atom. The third-order valence-electron chi connectivity index (χ3n) is 5.64. The van der Waals surface area contributed by atoms with Crippen LogP contribution >= 0.6 is 0 Å². The number of ether oxygens (including phenoxy) is 1. The maximum Gasteiger partial charge on any atom is 0.414 e. The maximum atomic E-state index is 12.9. The van der Waals surface area contributed by atoms with Gasteiger partial charge in [-0.05, 0) is 62.2 Å². The summed E-state index contributed by atoms with van der Waals surface area (Å²) >= 11 is 0. The number of nitrogens with zero attached hydrogens (tertiary/aromatic N) is 2. The smallest absolute Gasteiger partial charge is 0.414 e. The molecule has 0 aliphatic carbocycles. The first-order valence-corrected chi connectivity index (χ1v) is 11.8. The van der Waals surface area contributed by atoms with E-state index in [1.807, 2.05) is 6.92 Å². The normalized spacial score (nSPS) is 19.8. The molecule has 2 amide bonds. The number of sulfonamides is 1. The van der Waals surface area contributed by atoms with Gasteiger partial charge < -0.3 is 10.1 Å². The minimum absolute atomic E-state index is 0.0260. The van der Waals surface area contributed by atoms with Gasteiger partial charge in [-0.25, -0.2) is 13.2 Å². The molecule has 2 aliphatic rings. The Balaban J connectivity index is 1.47. The molecule has 164 valence electrons. The molecule has 0 bridgehead atoms. The van der Waals surface area contributed by atoms with Gasteiger partial charge in [-0.3, -0.25) is 9.69 Å². The molecule has 2 heterocycles. The van der Waals surface area contributed by atoms with Crippen molar-refractivity contribution in [2.75, 3.05) is 29.9 Å². The van der Waals surface area contributed by atoms with Crippen LogP contribution in [0.3, 0.4) is 0 Å². The lowest BCUT2D eigenvalue weighted by atomic mass is 10.1. The minimum Gasteiger partial charge on any atom is -0.447 e. The summed E-state index contributed by atoms with van der Waals surface area (Å²) in [5, 5.41) is 2.79. The number of nitrogens with one attached hydrogen (secondary N) is 1. The highest BCUT2D eigenvalue weighted by Gasteiger charge is 2.31. The topological polar surface area (TPSA) is 96.0 Å². The summed E-state index contributed by atoms with van der Waals surface area (Å²) in [7, 11) is -3.58. The largest absolute Gasteiger partial charge is 0.447 e. The summed E-state index contributed by atoms with van der Waals surface area (Å²) in [5.41, 5.74) is 1.51. The molecule has 2 fully saturated rings. The molecule has 8 nitrogen and oxygen atoms in total. The summed E-state index contributed by atoms with van der Waals surface area (Å²) in [6, 6.07) is 12.9. The van der Waals surface area contributed by atoms with Crippen molar-refractivity contribution in [3.8, 4) is 0 Å². The summed E-state index contributed by atoms with van der Waals surface area (Å²) in [6.07, 6.45) is 2.34. The Morgan fingerprint density at radius 1 is 1.10 bits per heavy atom. The lowest BCUT2D eigenvalue weighted by molar-refractivity contribution is 0.102. The second-order valence-electron chi connectivity index (χ2n) is 7.76. The van der Waals surface area contributed by atoms with Gasteiger partial charge in [0.05, 0.1) is 11.4 Å². The molecule has 0 aromatic heterocycles. The number of amides is 2. The first kappa shape index (κ1) is 21.3. The number of hydrogen-bond acceptors (Lipinski definition) is 5. The van der Waals surface area contributed by atoms with Crippen LogP contribution in [0, 0.1) is 0 Å². The van der Waals surface area contributed by atoms with Crippen LogP contribution in [0.25, 0.3) is 0 Å². The molecule has 1 N–H and O–H groups in total. The predicted octanol–water partition coefficient (Wildman–Crippen LogP) is 3.46. The number of cyclic esters (lactones) is 1. The zero-order chi connectivity index (χ0) is 22.0. The van der Waals surface area contributed by atoms with Gasteiger partial charge in [0.25, 0.3) is 5.91 Å². The highest BCUT2D eigenvalue weighted by Crippen LogP contribution is 2.26. The third kappa shape index (κ3) is 4.42. The van der Waals surface area contributed by atoms with E-state index >= 15 is 0 Å². The average molecular weight is 444 g/mol. The fourth-order valence-electron chi connectivity index (χ4n) is 3.93. The van der Waals surface area contributed by atoms with Crippen molar-refractivity contribution >= 4 is 33.4 Å². The van der Waals surface area contributed by atoms with Crippen molar-refractivity contribution in [3.63, 3.8) is 0 Å². The van der Waals surface area contributed by atoms with E-state index in [1.165, 1.54) is 29.2 Å². The Labute approximate surface area is 181 Å². The molecular formula is C22H25N3O5S. The van der Waals surface area contributed by atoms with E-state index in [-0.39, 0.29) is 16.8 Å². The van der Waals surface area contributed by atoms with E-state index in [4.69, 9.17) is 4.74 Å². The van der Waals surface area contributed by atoms with Crippen LogP contribution in [0.5, 0.6) is 0 Å². The van der Waals surface area contributed by atoms with Crippen LogP contribution in [-0.2, 0) is 14.8 Å². The van der Waals surface area contributed by atoms with E-state index in [9.17, 15) is 18.0 Å². The van der Waals surface area contributed by atoms with E-state index in [1.54, 1.807) is 28.6 Å². The number of carbonyl (C=O) groups is 2. The fourth-order valence-corrected chi connectivity index (χ4v) is 5.62. The van der Waals surface area contributed by atoms with E-state index in [2.05, 4.69) is 5.32 Å². The Kier molecular flexibility index (Phi) is 5.97. The van der Waals surface area contributed by atoms with Crippen LogP contribution < -0.4 is 10.2 Å². The Morgan fingerprint density at radius 3 is 2.55 bits per heavy atom. The number of benzene rings is 2. The minimum atomic E-state index is -3.58. The molecule has 0 radical (unpaired) electrons. The third-order valence-corrected chi connectivity index (χ3v) is 7.67. The SMILES string of the molecule is CC1CCCCN1S(=O)(=O)c1ccc(C(=O)Nc2cccc(N3CCOC3=O)c2)cc1. The van der Waals surface area contributed by atoms with Crippen molar-refractivity contribution in [1.82, 2.24) is 4.31 Å². The molecule has 1 atom stereocenters. The fraction of sp³-hybridized carbons (Fsp3) is 0.364. The zero-order valence-corrected chi connectivity index (χ0v) is 18.1. The second-order valence-corrected chi connectivity index (χ2v) is 9.65. The van der Waals surface area contributed by atoms with Crippen molar-refractivity contribution in [2.24, 2.45) is 0 Å². The van der Waals surface area contributed by atoms with Crippen molar-refractivity contribution in [3.05, 3.63) is 54.1 Å². The van der Waals surface area contributed by atoms with Gasteiger partial charge in [-0.15, -0.1) is 0 Å². The van der Waals surface area contributed by atoms with Crippen LogP contribution in [0.15, 0.2) is 53.4 Å². The summed E-state index contributed by atoms with van der Waals surface area (Å²) in [6.45, 7) is 3.24. The summed E-state index contributed by atoms with van der Waals surface area (Å²) < 4.78 is 32.4. The first-order valence-electron chi connectivity index (χ1n) is 10.3. The van der Waals surface area contributed by atoms with E-state index in [0.29, 0.717) is 36.6 Å². The van der Waals surface area contributed by atoms with Crippen LogP contribution in [0.1, 0.15) is 36.5 Å². The molecule has 2 aliphatic heterocycles. The second kappa shape index (κ2) is 8.68. The molecule has 31 heavy (non-hydrogen) atoms. The monoisotopic (exact) mass is 443 g/mol. The molecular weight excluding hydrogens is 418 g/mol. The lowest BCUT2D eigenvalue weighted by Crippen LogP contribution is -2.41. The van der Waals surface area contributed by atoms with Crippen molar-refractivity contribution in [1.29, 1.82) is 0 Å².